The average Bonchev–Trinajstić information content (AvgIpc) is 2.46. The average molecular weight is 323 g/mol. The molecule has 0 saturated heterocycles. The molecule has 0 aliphatic carbocycles. The van der Waals surface area contributed by atoms with Crippen LogP contribution in [0.3, 0.4) is 0 Å². The Hall–Kier alpha value is -1.18. The van der Waals surface area contributed by atoms with Crippen molar-refractivity contribution in [2.45, 2.75) is 12.5 Å². The monoisotopic (exact) mass is 323 g/mol. The minimum atomic E-state index is -1.30. The largest absolute Gasteiger partial charge is 1.00 e. The molecule has 0 saturated carbocycles. The molecule has 0 unspecified atom stereocenters. The molecule has 0 aliphatic heterocycles. The van der Waals surface area contributed by atoms with Crippen LogP contribution in [0.2, 0.25) is 0 Å². The molecule has 0 radical (unpaired) electrons. The van der Waals surface area contributed by atoms with Crippen molar-refractivity contribution in [1.29, 1.82) is 0 Å². The second-order valence-corrected chi connectivity index (χ2v) is 4.54. The number of hydrogen-bond acceptors (Lipinski definition) is 5. The molecule has 0 heterocycles. The first-order valence-electron chi connectivity index (χ1n) is 6.36. The Kier molecular flexibility index (Phi) is 7.78. The summed E-state index contributed by atoms with van der Waals surface area (Å²) in [5.74, 6) is -1.15. The van der Waals surface area contributed by atoms with Gasteiger partial charge in [-0.1, -0.05) is 24.3 Å². The number of hydrogen-bond donors (Lipinski definition) is 2. The summed E-state index contributed by atoms with van der Waals surface area (Å²) in [6, 6.07) is 11.7. The SMILES string of the molecule is O=C([O-])[C@H](Cc1ccc(O)cc1)N=Cc1ccccc1O.[K+]. The predicted molar refractivity (Wildman–Crippen MR) is 76.3 cm³/mol. The summed E-state index contributed by atoms with van der Waals surface area (Å²) in [4.78, 5) is 15.1. The zero-order chi connectivity index (χ0) is 15.2. The maximum Gasteiger partial charge on any atom is 1.00 e. The number of aliphatic imine (C=N–C) groups is 1. The van der Waals surface area contributed by atoms with Crippen LogP contribution in [0.5, 0.6) is 11.5 Å². The van der Waals surface area contributed by atoms with E-state index >= 15 is 0 Å². The summed E-state index contributed by atoms with van der Waals surface area (Å²) < 4.78 is 0. The third kappa shape index (κ3) is 5.55. The molecule has 22 heavy (non-hydrogen) atoms. The molecule has 0 fully saturated rings. The fraction of sp³-hybridized carbons (Fsp3) is 0.125. The predicted octanol–water partition coefficient (Wildman–Crippen LogP) is -2.12. The maximum absolute atomic E-state index is 11.1. The molecule has 108 valence electrons. The van der Waals surface area contributed by atoms with E-state index in [1.165, 1.54) is 24.4 Å². The molecule has 2 aromatic carbocycles. The van der Waals surface area contributed by atoms with Gasteiger partial charge in [0.2, 0.25) is 0 Å². The molecule has 6 heteroatoms. The van der Waals surface area contributed by atoms with Crippen LogP contribution in [0.15, 0.2) is 53.5 Å². The summed E-state index contributed by atoms with van der Waals surface area (Å²) in [7, 11) is 0. The van der Waals surface area contributed by atoms with Crippen molar-refractivity contribution in [3.8, 4) is 11.5 Å². The molecule has 0 spiro atoms. The van der Waals surface area contributed by atoms with Crippen LogP contribution in [-0.2, 0) is 11.2 Å². The Balaban J connectivity index is 0.00000242. The molecule has 1 atom stereocenters. The van der Waals surface area contributed by atoms with Gasteiger partial charge >= 0.3 is 51.4 Å². The van der Waals surface area contributed by atoms with Crippen LogP contribution in [0, 0.1) is 0 Å². The molecular formula is C16H14KNO4. The zero-order valence-corrected chi connectivity index (χ0v) is 15.3. The summed E-state index contributed by atoms with van der Waals surface area (Å²) >= 11 is 0. The van der Waals surface area contributed by atoms with Gasteiger partial charge in [-0.3, -0.25) is 4.99 Å². The van der Waals surface area contributed by atoms with Gasteiger partial charge < -0.3 is 20.1 Å². The molecule has 2 N–H and O–H groups in total. The molecule has 0 aliphatic rings. The summed E-state index contributed by atoms with van der Waals surface area (Å²) in [6.45, 7) is 0. The van der Waals surface area contributed by atoms with E-state index in [1.54, 1.807) is 30.3 Å². The van der Waals surface area contributed by atoms with Gasteiger partial charge in [0.25, 0.3) is 0 Å². The van der Waals surface area contributed by atoms with E-state index < -0.39 is 12.0 Å². The van der Waals surface area contributed by atoms with Gasteiger partial charge in [-0.2, -0.15) is 0 Å². The number of benzene rings is 2. The molecule has 0 amide bonds. The number of carbonyl (C=O) groups excluding carboxylic acids is 1. The summed E-state index contributed by atoms with van der Waals surface area (Å²) in [5, 5.41) is 29.9. The van der Waals surface area contributed by atoms with Gasteiger partial charge in [0.15, 0.2) is 0 Å². The van der Waals surface area contributed by atoms with Crippen molar-refractivity contribution in [3.05, 3.63) is 59.7 Å². The molecule has 5 nitrogen and oxygen atoms in total. The van der Waals surface area contributed by atoms with Crippen molar-refractivity contribution in [1.82, 2.24) is 0 Å². The van der Waals surface area contributed by atoms with E-state index in [-0.39, 0.29) is 69.3 Å². The summed E-state index contributed by atoms with van der Waals surface area (Å²) in [5.41, 5.74) is 1.16. The van der Waals surface area contributed by atoms with Crippen molar-refractivity contribution < 1.29 is 71.5 Å². The first-order valence-corrected chi connectivity index (χ1v) is 6.36. The van der Waals surface area contributed by atoms with Gasteiger partial charge in [0.05, 0.1) is 12.0 Å². The number of carboxylic acid groups (broad SMARTS) is 1. The van der Waals surface area contributed by atoms with Crippen molar-refractivity contribution in [3.63, 3.8) is 0 Å². The minimum absolute atomic E-state index is 0. The number of aliphatic carboxylic acids is 1. The Labute approximate surface area is 170 Å². The van der Waals surface area contributed by atoms with Gasteiger partial charge in [-0.25, -0.2) is 0 Å². The maximum atomic E-state index is 11.1. The molecule has 2 aromatic rings. The van der Waals surface area contributed by atoms with Crippen LogP contribution in [0.4, 0.5) is 0 Å². The fourth-order valence-electron chi connectivity index (χ4n) is 1.82. The molecular weight excluding hydrogens is 309 g/mol. The third-order valence-electron chi connectivity index (χ3n) is 2.97. The number of carbonyl (C=O) groups is 1. The number of para-hydroxylation sites is 1. The van der Waals surface area contributed by atoms with E-state index in [2.05, 4.69) is 4.99 Å². The quantitative estimate of drug-likeness (QED) is 0.486. The van der Waals surface area contributed by atoms with Crippen LogP contribution in [0.1, 0.15) is 11.1 Å². The number of nitrogens with zero attached hydrogens (tertiary/aromatic N) is 1. The normalized spacial score (nSPS) is 11.8. The van der Waals surface area contributed by atoms with E-state index in [9.17, 15) is 20.1 Å². The Bertz CT molecular complexity index is 655. The van der Waals surface area contributed by atoms with Crippen LogP contribution >= 0.6 is 0 Å². The van der Waals surface area contributed by atoms with Gasteiger partial charge in [0, 0.05) is 18.2 Å². The van der Waals surface area contributed by atoms with Gasteiger partial charge in [0.1, 0.15) is 11.5 Å². The van der Waals surface area contributed by atoms with E-state index in [0.29, 0.717) is 5.56 Å². The fourth-order valence-corrected chi connectivity index (χ4v) is 1.82. The first kappa shape index (κ1) is 18.9. The van der Waals surface area contributed by atoms with Crippen LogP contribution < -0.4 is 56.5 Å². The van der Waals surface area contributed by atoms with Crippen molar-refractivity contribution >= 4 is 12.2 Å². The van der Waals surface area contributed by atoms with E-state index in [4.69, 9.17) is 0 Å². The minimum Gasteiger partial charge on any atom is -0.548 e. The molecule has 0 bridgehead atoms. The topological polar surface area (TPSA) is 93.0 Å². The van der Waals surface area contributed by atoms with Gasteiger partial charge in [-0.15, -0.1) is 0 Å². The number of phenols is 2. The smallest absolute Gasteiger partial charge is 0.548 e. The Morgan fingerprint density at radius 1 is 1.14 bits per heavy atom. The Morgan fingerprint density at radius 3 is 2.36 bits per heavy atom. The first-order chi connectivity index (χ1) is 10.1. The molecule has 0 aromatic heterocycles. The number of aromatic hydroxyl groups is 2. The van der Waals surface area contributed by atoms with E-state index in [1.807, 2.05) is 0 Å². The number of rotatable bonds is 5. The number of carboxylic acids is 1. The van der Waals surface area contributed by atoms with E-state index in [0.717, 1.165) is 5.56 Å². The second kappa shape index (κ2) is 9.07. The van der Waals surface area contributed by atoms with Crippen LogP contribution in [-0.4, -0.2) is 28.4 Å². The van der Waals surface area contributed by atoms with Crippen molar-refractivity contribution in [2.24, 2.45) is 4.99 Å². The standard InChI is InChI=1S/C16H15NO4.K/c18-13-7-5-11(6-8-13)9-14(16(20)21)17-10-12-3-1-2-4-15(12)19;/h1-8,10,14,18-19H,9H2,(H,20,21);/q;+1/p-1/t14-;/m0./s1. The number of phenolic OH excluding ortho intramolecular Hbond substituents is 2. The molecule has 2 rings (SSSR count). The van der Waals surface area contributed by atoms with Crippen molar-refractivity contribution in [2.75, 3.05) is 0 Å². The second-order valence-electron chi connectivity index (χ2n) is 4.54. The third-order valence-corrected chi connectivity index (χ3v) is 2.97. The zero-order valence-electron chi connectivity index (χ0n) is 12.1. The van der Waals surface area contributed by atoms with Gasteiger partial charge in [-0.05, 0) is 29.8 Å². The van der Waals surface area contributed by atoms with Crippen LogP contribution in [0.25, 0.3) is 0 Å². The summed E-state index contributed by atoms with van der Waals surface area (Å²) in [6.07, 6.45) is 1.46. The Morgan fingerprint density at radius 2 is 1.77 bits per heavy atom.